The molecule has 0 unspecified atom stereocenters. The van der Waals surface area contributed by atoms with E-state index in [9.17, 15) is 9.59 Å². The van der Waals surface area contributed by atoms with Crippen molar-refractivity contribution in [3.8, 4) is 0 Å². The molecule has 1 saturated heterocycles. The summed E-state index contributed by atoms with van der Waals surface area (Å²) in [5.41, 5.74) is 3.09. The van der Waals surface area contributed by atoms with E-state index in [0.29, 0.717) is 45.7 Å². The zero-order chi connectivity index (χ0) is 17.5. The zero-order valence-electron chi connectivity index (χ0n) is 14.5. The maximum absolute atomic E-state index is 12.0. The van der Waals surface area contributed by atoms with Gasteiger partial charge in [-0.25, -0.2) is 0 Å². The van der Waals surface area contributed by atoms with Crippen molar-refractivity contribution in [3.63, 3.8) is 0 Å². The lowest BCUT2D eigenvalue weighted by Gasteiger charge is -2.26. The summed E-state index contributed by atoms with van der Waals surface area (Å²) in [6.07, 6.45) is 2.76. The molecule has 2 rings (SSSR count). The maximum atomic E-state index is 12.0. The number of aromatic nitrogens is 2. The van der Waals surface area contributed by atoms with Crippen LogP contribution in [-0.4, -0.2) is 59.3 Å². The van der Waals surface area contributed by atoms with Crippen molar-refractivity contribution in [1.82, 2.24) is 20.0 Å². The fourth-order valence-corrected chi connectivity index (χ4v) is 2.82. The Balaban J connectivity index is 1.79. The third-order valence-corrected chi connectivity index (χ3v) is 4.24. The highest BCUT2D eigenvalue weighted by molar-refractivity contribution is 5.84. The Bertz CT molecular complexity index is 603. The van der Waals surface area contributed by atoms with Gasteiger partial charge in [0.2, 0.25) is 11.8 Å². The summed E-state index contributed by atoms with van der Waals surface area (Å²) in [4.78, 5) is 25.7. The molecule has 132 valence electrons. The van der Waals surface area contributed by atoms with Gasteiger partial charge in [0.1, 0.15) is 0 Å². The van der Waals surface area contributed by atoms with Gasteiger partial charge in [-0.15, -0.1) is 6.58 Å². The number of hydrogen-bond donors (Lipinski definition) is 1. The van der Waals surface area contributed by atoms with E-state index in [1.165, 1.54) is 0 Å². The van der Waals surface area contributed by atoms with Gasteiger partial charge < -0.3 is 15.0 Å². The molecule has 0 radical (unpaired) electrons. The normalized spacial score (nSPS) is 14.5. The number of aryl methyl sites for hydroxylation is 1. The SMILES string of the molecule is C=CCn1nc(C)c(CCC(=O)NCC(=O)N2CCOCC2)c1C. The second-order valence-electron chi connectivity index (χ2n) is 5.89. The van der Waals surface area contributed by atoms with Crippen LogP contribution >= 0.6 is 0 Å². The smallest absolute Gasteiger partial charge is 0.242 e. The molecule has 0 atom stereocenters. The van der Waals surface area contributed by atoms with Gasteiger partial charge in [0.25, 0.3) is 0 Å². The minimum absolute atomic E-state index is 0.0481. The summed E-state index contributed by atoms with van der Waals surface area (Å²) < 4.78 is 7.10. The predicted molar refractivity (Wildman–Crippen MR) is 90.6 cm³/mol. The lowest BCUT2D eigenvalue weighted by molar-refractivity contribution is -0.136. The molecule has 7 heteroatoms. The fraction of sp³-hybridized carbons (Fsp3) is 0.588. The Kier molecular flexibility index (Phi) is 6.54. The Morgan fingerprint density at radius 2 is 2.04 bits per heavy atom. The van der Waals surface area contributed by atoms with E-state index >= 15 is 0 Å². The third-order valence-electron chi connectivity index (χ3n) is 4.24. The molecule has 1 aliphatic rings. The molecule has 1 aromatic rings. The van der Waals surface area contributed by atoms with Crippen LogP contribution in [-0.2, 0) is 27.3 Å². The summed E-state index contributed by atoms with van der Waals surface area (Å²) in [6, 6.07) is 0. The van der Waals surface area contributed by atoms with Crippen molar-refractivity contribution in [2.24, 2.45) is 0 Å². The molecule has 2 heterocycles. The van der Waals surface area contributed by atoms with Crippen LogP contribution in [0.15, 0.2) is 12.7 Å². The summed E-state index contributed by atoms with van der Waals surface area (Å²) in [5, 5.41) is 7.16. The summed E-state index contributed by atoms with van der Waals surface area (Å²) >= 11 is 0. The van der Waals surface area contributed by atoms with Gasteiger partial charge in [0.05, 0.1) is 32.0 Å². The van der Waals surface area contributed by atoms with Crippen molar-refractivity contribution in [1.29, 1.82) is 0 Å². The Morgan fingerprint density at radius 3 is 2.71 bits per heavy atom. The first-order valence-corrected chi connectivity index (χ1v) is 8.29. The molecule has 1 aliphatic heterocycles. The topological polar surface area (TPSA) is 76.5 Å². The average Bonchev–Trinajstić information content (AvgIpc) is 2.85. The van der Waals surface area contributed by atoms with Gasteiger partial charge in [0, 0.05) is 25.2 Å². The first-order chi connectivity index (χ1) is 11.5. The number of carbonyl (C=O) groups excluding carboxylic acids is 2. The van der Waals surface area contributed by atoms with Crippen LogP contribution in [0.2, 0.25) is 0 Å². The van der Waals surface area contributed by atoms with E-state index in [-0.39, 0.29) is 18.4 Å². The maximum Gasteiger partial charge on any atom is 0.242 e. The molecular formula is C17H26N4O3. The van der Waals surface area contributed by atoms with Gasteiger partial charge in [0.15, 0.2) is 0 Å². The first-order valence-electron chi connectivity index (χ1n) is 8.29. The third kappa shape index (κ3) is 4.67. The Labute approximate surface area is 142 Å². The number of carbonyl (C=O) groups is 2. The first kappa shape index (κ1) is 18.2. The molecule has 1 fully saturated rings. The van der Waals surface area contributed by atoms with E-state index in [1.807, 2.05) is 18.5 Å². The highest BCUT2D eigenvalue weighted by atomic mass is 16.5. The van der Waals surface area contributed by atoms with Crippen LogP contribution in [0.5, 0.6) is 0 Å². The van der Waals surface area contributed by atoms with Crippen LogP contribution in [0.1, 0.15) is 23.4 Å². The number of ether oxygens (including phenoxy) is 1. The van der Waals surface area contributed by atoms with Crippen molar-refractivity contribution in [2.75, 3.05) is 32.8 Å². The predicted octanol–water partition coefficient (Wildman–Crippen LogP) is 0.594. The largest absolute Gasteiger partial charge is 0.378 e. The number of amides is 2. The number of nitrogens with one attached hydrogen (secondary N) is 1. The molecule has 0 saturated carbocycles. The molecule has 0 aliphatic carbocycles. The van der Waals surface area contributed by atoms with Crippen molar-refractivity contribution < 1.29 is 14.3 Å². The van der Waals surface area contributed by atoms with Gasteiger partial charge >= 0.3 is 0 Å². The number of morpholine rings is 1. The molecule has 1 aromatic heterocycles. The highest BCUT2D eigenvalue weighted by Crippen LogP contribution is 2.15. The van der Waals surface area contributed by atoms with Crippen molar-refractivity contribution in [3.05, 3.63) is 29.6 Å². The Morgan fingerprint density at radius 1 is 1.33 bits per heavy atom. The molecule has 0 spiro atoms. The molecule has 0 aromatic carbocycles. The lowest BCUT2D eigenvalue weighted by atomic mass is 10.1. The summed E-state index contributed by atoms with van der Waals surface area (Å²) in [5.74, 6) is -0.176. The molecular weight excluding hydrogens is 308 g/mol. The Hall–Kier alpha value is -2.15. The molecule has 24 heavy (non-hydrogen) atoms. The van der Waals surface area contributed by atoms with E-state index in [0.717, 1.165) is 17.0 Å². The van der Waals surface area contributed by atoms with E-state index in [4.69, 9.17) is 4.74 Å². The van der Waals surface area contributed by atoms with Crippen LogP contribution in [0.4, 0.5) is 0 Å². The fourth-order valence-electron chi connectivity index (χ4n) is 2.82. The second-order valence-corrected chi connectivity index (χ2v) is 5.89. The van der Waals surface area contributed by atoms with E-state index in [2.05, 4.69) is 17.0 Å². The van der Waals surface area contributed by atoms with Gasteiger partial charge in [-0.3, -0.25) is 14.3 Å². The molecule has 7 nitrogen and oxygen atoms in total. The number of allylic oxidation sites excluding steroid dienone is 1. The van der Waals surface area contributed by atoms with Crippen molar-refractivity contribution in [2.45, 2.75) is 33.2 Å². The second kappa shape index (κ2) is 8.63. The molecule has 0 bridgehead atoms. The van der Waals surface area contributed by atoms with Crippen LogP contribution in [0.25, 0.3) is 0 Å². The number of nitrogens with zero attached hydrogens (tertiary/aromatic N) is 3. The number of hydrogen-bond acceptors (Lipinski definition) is 4. The van der Waals surface area contributed by atoms with Crippen LogP contribution < -0.4 is 5.32 Å². The average molecular weight is 334 g/mol. The zero-order valence-corrected chi connectivity index (χ0v) is 14.5. The van der Waals surface area contributed by atoms with E-state index in [1.54, 1.807) is 11.0 Å². The summed E-state index contributed by atoms with van der Waals surface area (Å²) in [6.45, 7) is 10.7. The lowest BCUT2D eigenvalue weighted by Crippen LogP contribution is -2.45. The number of rotatable bonds is 7. The highest BCUT2D eigenvalue weighted by Gasteiger charge is 2.17. The van der Waals surface area contributed by atoms with Gasteiger partial charge in [-0.2, -0.15) is 5.10 Å². The molecule has 1 N–H and O–H groups in total. The van der Waals surface area contributed by atoms with Gasteiger partial charge in [-0.05, 0) is 25.8 Å². The van der Waals surface area contributed by atoms with E-state index < -0.39 is 0 Å². The van der Waals surface area contributed by atoms with Crippen LogP contribution in [0, 0.1) is 13.8 Å². The summed E-state index contributed by atoms with van der Waals surface area (Å²) in [7, 11) is 0. The standard InChI is InChI=1S/C17H26N4O3/c1-4-7-21-14(3)15(13(2)19-21)5-6-16(22)18-12-17(23)20-8-10-24-11-9-20/h4H,1,5-12H2,2-3H3,(H,18,22). The monoisotopic (exact) mass is 334 g/mol. The van der Waals surface area contributed by atoms with Crippen LogP contribution in [0.3, 0.4) is 0 Å². The molecule has 2 amide bonds. The quantitative estimate of drug-likeness (QED) is 0.741. The van der Waals surface area contributed by atoms with Gasteiger partial charge in [-0.1, -0.05) is 6.08 Å². The minimum Gasteiger partial charge on any atom is -0.378 e. The minimum atomic E-state index is -0.119. The van der Waals surface area contributed by atoms with Crippen molar-refractivity contribution >= 4 is 11.8 Å².